The first-order chi connectivity index (χ1) is 25.4. The fourth-order valence-corrected chi connectivity index (χ4v) is 7.06. The molecule has 2 aliphatic rings. The monoisotopic (exact) mass is 696 g/mol. The fourth-order valence-electron chi connectivity index (χ4n) is 7.06. The zero-order valence-electron chi connectivity index (χ0n) is 28.6. The smallest absolute Gasteiger partial charge is 0.256 e. The average molecular weight is 697 g/mol. The van der Waals surface area contributed by atoms with Crippen LogP contribution in [0.15, 0.2) is 116 Å². The van der Waals surface area contributed by atoms with Crippen molar-refractivity contribution in [2.45, 2.75) is 50.3 Å². The van der Waals surface area contributed by atoms with Gasteiger partial charge in [0, 0.05) is 35.6 Å². The van der Waals surface area contributed by atoms with Crippen molar-refractivity contribution in [1.29, 1.82) is 0 Å². The number of aliphatic hydroxyl groups excluding tert-OH is 1. The number of aliphatic hydroxyl groups is 1. The van der Waals surface area contributed by atoms with Gasteiger partial charge in [0.05, 0.1) is 24.1 Å². The normalized spacial score (nSPS) is 17.5. The highest BCUT2D eigenvalue weighted by molar-refractivity contribution is 5.99. The molecule has 5 aromatic rings. The second kappa shape index (κ2) is 15.4. The second-order valence-corrected chi connectivity index (χ2v) is 13.2. The molecule has 0 saturated carbocycles. The summed E-state index contributed by atoms with van der Waals surface area (Å²) in [6.07, 6.45) is 3.17. The number of imidazole rings is 1. The number of H-pyrrole nitrogens is 1. The molecule has 3 heterocycles. The van der Waals surface area contributed by atoms with Crippen LogP contribution in [0.25, 0.3) is 22.5 Å². The van der Waals surface area contributed by atoms with Gasteiger partial charge in [-0.1, -0.05) is 84.9 Å². The van der Waals surface area contributed by atoms with E-state index in [-0.39, 0.29) is 24.1 Å². The number of hydrogen-bond acceptors (Lipinski definition) is 6. The lowest BCUT2D eigenvalue weighted by Crippen LogP contribution is -2.45. The number of aromatic nitrogens is 2. The Hall–Kier alpha value is -6.07. The van der Waals surface area contributed by atoms with Gasteiger partial charge in [-0.15, -0.1) is 0 Å². The molecule has 2 saturated heterocycles. The molecule has 4 amide bonds. The minimum atomic E-state index is -1.32. The highest BCUT2D eigenvalue weighted by Crippen LogP contribution is 2.31. The largest absolute Gasteiger partial charge is 0.378 e. The zero-order valence-corrected chi connectivity index (χ0v) is 28.6. The summed E-state index contributed by atoms with van der Waals surface area (Å²) in [6.45, 7) is 0.976. The van der Waals surface area contributed by atoms with Gasteiger partial charge < -0.3 is 30.5 Å². The Morgan fingerprint density at radius 2 is 1.25 bits per heavy atom. The van der Waals surface area contributed by atoms with Crippen LogP contribution in [0.3, 0.4) is 0 Å². The number of nitrogens with zero attached hydrogens (tertiary/aromatic N) is 3. The van der Waals surface area contributed by atoms with Gasteiger partial charge in [-0.2, -0.15) is 0 Å². The van der Waals surface area contributed by atoms with Gasteiger partial charge in [-0.25, -0.2) is 4.98 Å². The van der Waals surface area contributed by atoms with Crippen LogP contribution in [0, 0.1) is 0 Å². The van der Waals surface area contributed by atoms with Gasteiger partial charge in [0.25, 0.3) is 5.91 Å². The predicted octanol–water partition coefficient (Wildman–Crippen LogP) is 5.58. The van der Waals surface area contributed by atoms with Crippen molar-refractivity contribution in [3.05, 3.63) is 127 Å². The third kappa shape index (κ3) is 7.50. The van der Waals surface area contributed by atoms with Crippen LogP contribution in [0.1, 0.15) is 42.9 Å². The molecule has 3 atom stereocenters. The summed E-state index contributed by atoms with van der Waals surface area (Å²) in [4.78, 5) is 63.6. The maximum Gasteiger partial charge on any atom is 0.256 e. The second-order valence-electron chi connectivity index (χ2n) is 13.2. The Morgan fingerprint density at radius 1 is 0.712 bits per heavy atom. The number of amides is 4. The number of carbonyl (C=O) groups excluding carboxylic acids is 4. The summed E-state index contributed by atoms with van der Waals surface area (Å²) in [6, 6.07) is 31.9. The molecule has 11 nitrogen and oxygen atoms in total. The molecule has 52 heavy (non-hydrogen) atoms. The lowest BCUT2D eigenvalue weighted by atomic mass is 10.0. The molecule has 0 aliphatic carbocycles. The first-order valence-corrected chi connectivity index (χ1v) is 17.6. The Balaban J connectivity index is 0.964. The third-order valence-electron chi connectivity index (χ3n) is 9.77. The molecular weight excluding hydrogens is 656 g/mol. The Morgan fingerprint density at radius 3 is 1.87 bits per heavy atom. The SMILES string of the molecule is O=C(Nc1ccc(-c2nc[nH]c2-c2ccc(NC(=O)[C@@H]3CCCN3C(=O)[C@@H](O)c3ccccc3)cc2)cc1)[C@@H]1CCCN1C(=O)Cc1ccccc1. The lowest BCUT2D eigenvalue weighted by molar-refractivity contribution is -0.144. The van der Waals surface area contributed by atoms with E-state index >= 15 is 0 Å². The van der Waals surface area contributed by atoms with E-state index in [0.29, 0.717) is 49.3 Å². The first-order valence-electron chi connectivity index (χ1n) is 17.6. The van der Waals surface area contributed by atoms with Gasteiger partial charge >= 0.3 is 0 Å². The van der Waals surface area contributed by atoms with Gasteiger partial charge in [0.2, 0.25) is 17.7 Å². The molecule has 2 fully saturated rings. The van der Waals surface area contributed by atoms with Crippen molar-refractivity contribution in [2.75, 3.05) is 23.7 Å². The van der Waals surface area contributed by atoms with Crippen molar-refractivity contribution >= 4 is 35.0 Å². The molecule has 1 aromatic heterocycles. The molecule has 0 radical (unpaired) electrons. The van der Waals surface area contributed by atoms with Crippen LogP contribution in [-0.2, 0) is 25.6 Å². The van der Waals surface area contributed by atoms with Crippen LogP contribution in [0.4, 0.5) is 11.4 Å². The summed E-state index contributed by atoms with van der Waals surface area (Å²) in [5, 5.41) is 16.6. The molecule has 2 aliphatic heterocycles. The number of hydrogen-bond donors (Lipinski definition) is 4. The summed E-state index contributed by atoms with van der Waals surface area (Å²) in [5.74, 6) is -1.02. The van der Waals surface area contributed by atoms with E-state index in [0.717, 1.165) is 34.5 Å². The molecular formula is C41H40N6O5. The molecule has 0 bridgehead atoms. The van der Waals surface area contributed by atoms with Gasteiger partial charge in [0.15, 0.2) is 6.10 Å². The fraction of sp³-hybridized carbons (Fsp3) is 0.244. The molecule has 4 aromatic carbocycles. The van der Waals surface area contributed by atoms with Crippen molar-refractivity contribution in [3.8, 4) is 22.5 Å². The standard InChI is InChI=1S/C41H40N6O5/c48-35(25-27-9-3-1-4-10-27)46-23-7-13-33(46)39(50)44-31-19-15-28(16-20-31)36-37(43-26-42-36)29-17-21-32(22-18-29)45-40(51)34-14-8-24-47(34)41(52)38(49)30-11-5-2-6-12-30/h1-6,9-12,15-22,26,33-34,38,49H,7-8,13-14,23-25H2,(H,42,43)(H,44,50)(H,45,51)/t33-,34-,38-/m0/s1. The van der Waals surface area contributed by atoms with Gasteiger partial charge in [-0.05, 0) is 61.1 Å². The summed E-state index contributed by atoms with van der Waals surface area (Å²) in [5.41, 5.74) is 5.84. The van der Waals surface area contributed by atoms with E-state index in [2.05, 4.69) is 20.6 Å². The topological polar surface area (TPSA) is 148 Å². The summed E-state index contributed by atoms with van der Waals surface area (Å²) < 4.78 is 0. The van der Waals surface area contributed by atoms with Crippen LogP contribution in [0.5, 0.6) is 0 Å². The number of aromatic amines is 1. The van der Waals surface area contributed by atoms with Crippen molar-refractivity contribution in [1.82, 2.24) is 19.8 Å². The minimum absolute atomic E-state index is 0.0483. The molecule has 7 rings (SSSR count). The van der Waals surface area contributed by atoms with Crippen molar-refractivity contribution in [3.63, 3.8) is 0 Å². The maximum absolute atomic E-state index is 13.3. The Kier molecular flexibility index (Phi) is 10.2. The van der Waals surface area contributed by atoms with E-state index in [1.807, 2.05) is 72.8 Å². The summed E-state index contributed by atoms with van der Waals surface area (Å²) in [7, 11) is 0. The van der Waals surface area contributed by atoms with E-state index in [9.17, 15) is 24.3 Å². The van der Waals surface area contributed by atoms with Crippen molar-refractivity contribution in [2.24, 2.45) is 0 Å². The highest BCUT2D eigenvalue weighted by Gasteiger charge is 2.37. The maximum atomic E-state index is 13.3. The van der Waals surface area contributed by atoms with Crippen LogP contribution >= 0.6 is 0 Å². The number of nitrogens with one attached hydrogen (secondary N) is 3. The number of carbonyl (C=O) groups is 4. The molecule has 4 N–H and O–H groups in total. The number of anilines is 2. The third-order valence-corrected chi connectivity index (χ3v) is 9.77. The number of benzene rings is 4. The first kappa shape index (κ1) is 34.4. The van der Waals surface area contributed by atoms with Crippen LogP contribution in [-0.4, -0.2) is 73.7 Å². The molecule has 0 spiro atoms. The average Bonchev–Trinajstić information content (AvgIpc) is 3.98. The highest BCUT2D eigenvalue weighted by atomic mass is 16.3. The Labute approximate surface area is 301 Å². The quantitative estimate of drug-likeness (QED) is 0.150. The van der Waals surface area contributed by atoms with Crippen molar-refractivity contribution < 1.29 is 24.3 Å². The van der Waals surface area contributed by atoms with E-state index in [4.69, 9.17) is 0 Å². The van der Waals surface area contributed by atoms with Crippen LogP contribution < -0.4 is 10.6 Å². The number of rotatable bonds is 10. The number of likely N-dealkylation sites (tertiary alicyclic amines) is 2. The zero-order chi connectivity index (χ0) is 36.0. The van der Waals surface area contributed by atoms with E-state index in [1.165, 1.54) is 4.90 Å². The summed E-state index contributed by atoms with van der Waals surface area (Å²) >= 11 is 0. The predicted molar refractivity (Wildman–Crippen MR) is 198 cm³/mol. The Bertz CT molecular complexity index is 2030. The van der Waals surface area contributed by atoms with E-state index in [1.54, 1.807) is 47.6 Å². The molecule has 0 unspecified atom stereocenters. The molecule has 11 heteroatoms. The van der Waals surface area contributed by atoms with E-state index < -0.39 is 24.1 Å². The lowest BCUT2D eigenvalue weighted by Gasteiger charge is -2.26. The van der Waals surface area contributed by atoms with Gasteiger partial charge in [-0.3, -0.25) is 19.2 Å². The molecule has 264 valence electrons. The van der Waals surface area contributed by atoms with Crippen LogP contribution in [0.2, 0.25) is 0 Å². The minimum Gasteiger partial charge on any atom is -0.378 e. The van der Waals surface area contributed by atoms with Gasteiger partial charge in [0.1, 0.15) is 12.1 Å².